The van der Waals surface area contributed by atoms with Crippen molar-refractivity contribution in [1.82, 2.24) is 9.78 Å². The molecule has 1 saturated carbocycles. The van der Waals surface area contributed by atoms with Gasteiger partial charge in [0.15, 0.2) is 0 Å². The molecule has 0 amide bonds. The summed E-state index contributed by atoms with van der Waals surface area (Å²) >= 11 is 0. The Balaban J connectivity index is 1.86. The molecule has 16 heavy (non-hydrogen) atoms. The number of carboxylic acid groups (broad SMARTS) is 1. The number of nitrogens with zero attached hydrogens (tertiary/aromatic N) is 2. The first kappa shape index (κ1) is 11.2. The minimum Gasteiger partial charge on any atom is -0.481 e. The Kier molecular flexibility index (Phi) is 3.27. The van der Waals surface area contributed by atoms with Crippen LogP contribution >= 0.6 is 0 Å². The van der Waals surface area contributed by atoms with Crippen molar-refractivity contribution in [2.24, 2.45) is 5.92 Å². The molecule has 0 radical (unpaired) electrons. The molecule has 0 aromatic carbocycles. The SMILES string of the molecule is Cc1cnn(C2CCC(CCC(=O)O)C2)c1. The lowest BCUT2D eigenvalue weighted by Crippen LogP contribution is -2.06. The second-order valence-corrected chi connectivity index (χ2v) is 4.76. The van der Waals surface area contributed by atoms with Crippen LogP contribution in [0.15, 0.2) is 12.4 Å². The van der Waals surface area contributed by atoms with Gasteiger partial charge in [-0.2, -0.15) is 5.10 Å². The Morgan fingerprint density at radius 2 is 2.44 bits per heavy atom. The number of aliphatic carboxylic acids is 1. The van der Waals surface area contributed by atoms with Gasteiger partial charge in [-0.25, -0.2) is 0 Å². The Morgan fingerprint density at radius 3 is 3.06 bits per heavy atom. The lowest BCUT2D eigenvalue weighted by Gasteiger charge is -2.11. The van der Waals surface area contributed by atoms with E-state index in [1.54, 1.807) is 0 Å². The monoisotopic (exact) mass is 222 g/mol. The van der Waals surface area contributed by atoms with Crippen molar-refractivity contribution in [3.05, 3.63) is 18.0 Å². The topological polar surface area (TPSA) is 55.1 Å². The van der Waals surface area contributed by atoms with E-state index in [1.165, 1.54) is 5.56 Å². The van der Waals surface area contributed by atoms with Gasteiger partial charge < -0.3 is 5.11 Å². The van der Waals surface area contributed by atoms with Gasteiger partial charge in [-0.1, -0.05) is 0 Å². The van der Waals surface area contributed by atoms with Crippen molar-refractivity contribution in [3.8, 4) is 0 Å². The standard InChI is InChI=1S/C12H18N2O2/c1-9-7-13-14(8-9)11-4-2-10(6-11)3-5-12(15)16/h7-8,10-11H,2-6H2,1H3,(H,15,16). The highest BCUT2D eigenvalue weighted by Gasteiger charge is 2.26. The van der Waals surface area contributed by atoms with Crippen LogP contribution in [0.3, 0.4) is 0 Å². The second-order valence-electron chi connectivity index (χ2n) is 4.76. The summed E-state index contributed by atoms with van der Waals surface area (Å²) in [4.78, 5) is 10.5. The number of carbonyl (C=O) groups is 1. The molecule has 1 N–H and O–H groups in total. The van der Waals surface area contributed by atoms with E-state index in [0.717, 1.165) is 25.7 Å². The van der Waals surface area contributed by atoms with Gasteiger partial charge >= 0.3 is 5.97 Å². The second kappa shape index (κ2) is 4.68. The highest BCUT2D eigenvalue weighted by atomic mass is 16.4. The smallest absolute Gasteiger partial charge is 0.303 e. The first-order valence-corrected chi connectivity index (χ1v) is 5.87. The van der Waals surface area contributed by atoms with Gasteiger partial charge in [0.25, 0.3) is 0 Å². The van der Waals surface area contributed by atoms with Crippen molar-refractivity contribution < 1.29 is 9.90 Å². The highest BCUT2D eigenvalue weighted by Crippen LogP contribution is 2.36. The quantitative estimate of drug-likeness (QED) is 0.851. The van der Waals surface area contributed by atoms with E-state index in [0.29, 0.717) is 18.4 Å². The zero-order chi connectivity index (χ0) is 11.5. The molecule has 0 spiro atoms. The van der Waals surface area contributed by atoms with Crippen LogP contribution < -0.4 is 0 Å². The van der Waals surface area contributed by atoms with Crippen LogP contribution in [0, 0.1) is 12.8 Å². The van der Waals surface area contributed by atoms with Gasteiger partial charge in [0.2, 0.25) is 0 Å². The Morgan fingerprint density at radius 1 is 1.62 bits per heavy atom. The first-order valence-electron chi connectivity index (χ1n) is 5.87. The lowest BCUT2D eigenvalue weighted by atomic mass is 10.0. The molecular weight excluding hydrogens is 204 g/mol. The maximum Gasteiger partial charge on any atom is 0.303 e. The van der Waals surface area contributed by atoms with Gasteiger partial charge in [-0.3, -0.25) is 9.48 Å². The van der Waals surface area contributed by atoms with Gasteiger partial charge in [0.05, 0.1) is 12.2 Å². The molecule has 4 nitrogen and oxygen atoms in total. The molecular formula is C12H18N2O2. The van der Waals surface area contributed by atoms with E-state index in [2.05, 4.69) is 11.3 Å². The lowest BCUT2D eigenvalue weighted by molar-refractivity contribution is -0.137. The van der Waals surface area contributed by atoms with Crippen molar-refractivity contribution in [1.29, 1.82) is 0 Å². The van der Waals surface area contributed by atoms with E-state index in [-0.39, 0.29) is 0 Å². The van der Waals surface area contributed by atoms with Crippen LogP contribution in [0.2, 0.25) is 0 Å². The molecule has 0 saturated heterocycles. The van der Waals surface area contributed by atoms with E-state index in [9.17, 15) is 4.79 Å². The minimum absolute atomic E-state index is 0.301. The molecule has 0 aliphatic heterocycles. The summed E-state index contributed by atoms with van der Waals surface area (Å²) in [5.41, 5.74) is 1.19. The van der Waals surface area contributed by atoms with E-state index in [4.69, 9.17) is 5.11 Å². The zero-order valence-electron chi connectivity index (χ0n) is 9.59. The average Bonchev–Trinajstić information content (AvgIpc) is 2.83. The van der Waals surface area contributed by atoms with E-state index >= 15 is 0 Å². The summed E-state index contributed by atoms with van der Waals surface area (Å²) in [7, 11) is 0. The number of aryl methyl sites for hydroxylation is 1. The van der Waals surface area contributed by atoms with E-state index in [1.807, 2.05) is 17.8 Å². The first-order chi connectivity index (χ1) is 7.65. The Hall–Kier alpha value is -1.32. The van der Waals surface area contributed by atoms with Gasteiger partial charge in [0.1, 0.15) is 0 Å². The molecule has 4 heteroatoms. The molecule has 1 aromatic rings. The normalized spacial score (nSPS) is 24.8. The Labute approximate surface area is 95.3 Å². The minimum atomic E-state index is -0.682. The van der Waals surface area contributed by atoms with Crippen molar-refractivity contribution in [2.75, 3.05) is 0 Å². The van der Waals surface area contributed by atoms with Crippen molar-refractivity contribution in [2.45, 2.75) is 45.1 Å². The summed E-state index contributed by atoms with van der Waals surface area (Å²) in [6.07, 6.45) is 8.41. The summed E-state index contributed by atoms with van der Waals surface area (Å²) in [6.45, 7) is 2.04. The fourth-order valence-corrected chi connectivity index (χ4v) is 2.51. The summed E-state index contributed by atoms with van der Waals surface area (Å²) in [5.74, 6) is -0.121. The maximum atomic E-state index is 10.5. The van der Waals surface area contributed by atoms with Crippen LogP contribution in [-0.2, 0) is 4.79 Å². The van der Waals surface area contributed by atoms with Crippen LogP contribution in [-0.4, -0.2) is 20.9 Å². The predicted molar refractivity (Wildman–Crippen MR) is 60.2 cm³/mol. The molecule has 2 atom stereocenters. The van der Waals surface area contributed by atoms with Crippen molar-refractivity contribution >= 4 is 5.97 Å². The summed E-state index contributed by atoms with van der Waals surface area (Å²) in [5, 5.41) is 13.0. The van der Waals surface area contributed by atoms with Gasteiger partial charge in [0, 0.05) is 12.6 Å². The molecule has 1 aliphatic rings. The van der Waals surface area contributed by atoms with Crippen molar-refractivity contribution in [3.63, 3.8) is 0 Å². The number of aromatic nitrogens is 2. The molecule has 0 bridgehead atoms. The summed E-state index contributed by atoms with van der Waals surface area (Å²) in [6, 6.07) is 0.479. The molecule has 2 rings (SSSR count). The molecule has 1 aliphatic carbocycles. The van der Waals surface area contributed by atoms with Gasteiger partial charge in [-0.05, 0) is 44.1 Å². The molecule has 1 heterocycles. The number of hydrogen-bond acceptors (Lipinski definition) is 2. The third-order valence-corrected chi connectivity index (χ3v) is 3.38. The van der Waals surface area contributed by atoms with Crippen LogP contribution in [0.1, 0.15) is 43.7 Å². The average molecular weight is 222 g/mol. The van der Waals surface area contributed by atoms with Gasteiger partial charge in [-0.15, -0.1) is 0 Å². The molecule has 1 fully saturated rings. The van der Waals surface area contributed by atoms with Crippen LogP contribution in [0.4, 0.5) is 0 Å². The number of carboxylic acids is 1. The van der Waals surface area contributed by atoms with Crippen LogP contribution in [0.5, 0.6) is 0 Å². The fraction of sp³-hybridized carbons (Fsp3) is 0.667. The third kappa shape index (κ3) is 2.62. The molecule has 88 valence electrons. The molecule has 1 aromatic heterocycles. The largest absolute Gasteiger partial charge is 0.481 e. The van der Waals surface area contributed by atoms with Crippen LogP contribution in [0.25, 0.3) is 0 Å². The number of hydrogen-bond donors (Lipinski definition) is 1. The Bertz CT molecular complexity index is 373. The maximum absolute atomic E-state index is 10.5. The zero-order valence-corrected chi connectivity index (χ0v) is 9.59. The summed E-state index contributed by atoms with van der Waals surface area (Å²) < 4.78 is 2.04. The molecule has 2 unspecified atom stereocenters. The fourth-order valence-electron chi connectivity index (χ4n) is 2.51. The van der Waals surface area contributed by atoms with E-state index < -0.39 is 5.97 Å². The number of rotatable bonds is 4. The third-order valence-electron chi connectivity index (χ3n) is 3.38. The predicted octanol–water partition coefficient (Wildman–Crippen LogP) is 2.40. The highest BCUT2D eigenvalue weighted by molar-refractivity contribution is 5.66.